The van der Waals surface area contributed by atoms with Gasteiger partial charge in [0.2, 0.25) is 5.78 Å². The summed E-state index contributed by atoms with van der Waals surface area (Å²) in [6.07, 6.45) is 3.36. The van der Waals surface area contributed by atoms with Gasteiger partial charge in [-0.2, -0.15) is 0 Å². The molecule has 1 aromatic rings. The summed E-state index contributed by atoms with van der Waals surface area (Å²) >= 11 is 0. The second kappa shape index (κ2) is 4.37. The molecule has 0 saturated heterocycles. The van der Waals surface area contributed by atoms with Gasteiger partial charge in [-0.1, -0.05) is 12.1 Å². The molecule has 1 aliphatic carbocycles. The van der Waals surface area contributed by atoms with Gasteiger partial charge in [0.25, 0.3) is 0 Å². The first kappa shape index (κ1) is 11.3. The number of rotatable bonds is 1. The SMILES string of the molecule is CC1=CC(=Nc2cccc(C)c2)C=C(N)C1=O. The third-order valence-corrected chi connectivity index (χ3v) is 2.55. The fraction of sp³-hybridized carbons (Fsp3) is 0.143. The fourth-order valence-corrected chi connectivity index (χ4v) is 1.69. The fourth-order valence-electron chi connectivity index (χ4n) is 1.69. The van der Waals surface area contributed by atoms with Gasteiger partial charge in [0, 0.05) is 5.57 Å². The Labute approximate surface area is 100 Å². The van der Waals surface area contributed by atoms with Crippen LogP contribution in [0.3, 0.4) is 0 Å². The van der Waals surface area contributed by atoms with Crippen molar-refractivity contribution in [3.63, 3.8) is 0 Å². The molecule has 3 nitrogen and oxygen atoms in total. The predicted octanol–water partition coefficient (Wildman–Crippen LogP) is 2.44. The maximum absolute atomic E-state index is 11.5. The molecule has 0 aromatic heterocycles. The lowest BCUT2D eigenvalue weighted by molar-refractivity contribution is -0.112. The summed E-state index contributed by atoms with van der Waals surface area (Å²) < 4.78 is 0. The number of nitrogens with two attached hydrogens (primary N) is 1. The van der Waals surface area contributed by atoms with Crippen molar-refractivity contribution in [1.29, 1.82) is 0 Å². The summed E-state index contributed by atoms with van der Waals surface area (Å²) in [5.41, 5.74) is 9.23. The molecule has 1 aromatic carbocycles. The summed E-state index contributed by atoms with van der Waals surface area (Å²) in [5.74, 6) is -0.117. The summed E-state index contributed by atoms with van der Waals surface area (Å²) in [5, 5.41) is 0. The van der Waals surface area contributed by atoms with E-state index < -0.39 is 0 Å². The van der Waals surface area contributed by atoms with Gasteiger partial charge in [-0.25, -0.2) is 4.99 Å². The van der Waals surface area contributed by atoms with Crippen LogP contribution in [0.1, 0.15) is 12.5 Å². The van der Waals surface area contributed by atoms with Gasteiger partial charge < -0.3 is 5.73 Å². The van der Waals surface area contributed by atoms with E-state index in [-0.39, 0.29) is 11.5 Å². The van der Waals surface area contributed by atoms with E-state index >= 15 is 0 Å². The Morgan fingerprint density at radius 2 is 1.94 bits per heavy atom. The van der Waals surface area contributed by atoms with Crippen LogP contribution in [0.2, 0.25) is 0 Å². The molecule has 2 rings (SSSR count). The zero-order valence-corrected chi connectivity index (χ0v) is 9.90. The molecule has 0 heterocycles. The van der Waals surface area contributed by atoms with Crippen molar-refractivity contribution in [1.82, 2.24) is 0 Å². The second-order valence-electron chi connectivity index (χ2n) is 4.13. The maximum Gasteiger partial charge on any atom is 0.204 e. The smallest absolute Gasteiger partial charge is 0.204 e. The molecular formula is C14H14N2O. The van der Waals surface area contributed by atoms with Crippen molar-refractivity contribution in [3.05, 3.63) is 53.3 Å². The predicted molar refractivity (Wildman–Crippen MR) is 69.3 cm³/mol. The normalized spacial score (nSPS) is 18.0. The Balaban J connectivity index is 2.39. The quantitative estimate of drug-likeness (QED) is 0.748. The van der Waals surface area contributed by atoms with Crippen LogP contribution in [0, 0.1) is 6.92 Å². The van der Waals surface area contributed by atoms with Gasteiger partial charge in [-0.05, 0) is 43.7 Å². The average molecular weight is 226 g/mol. The molecule has 0 amide bonds. The van der Waals surface area contributed by atoms with Crippen LogP contribution in [-0.4, -0.2) is 11.5 Å². The molecule has 0 bridgehead atoms. The highest BCUT2D eigenvalue weighted by Gasteiger charge is 2.14. The molecular weight excluding hydrogens is 212 g/mol. The lowest BCUT2D eigenvalue weighted by atomic mass is 10.0. The Kier molecular flexibility index (Phi) is 2.91. The van der Waals surface area contributed by atoms with Crippen LogP contribution >= 0.6 is 0 Å². The molecule has 0 atom stereocenters. The number of ketones is 1. The van der Waals surface area contributed by atoms with Crippen LogP contribution in [0.15, 0.2) is 52.7 Å². The summed E-state index contributed by atoms with van der Waals surface area (Å²) in [4.78, 5) is 15.9. The first-order valence-electron chi connectivity index (χ1n) is 5.42. The number of allylic oxidation sites excluding steroid dienone is 3. The Hall–Kier alpha value is -2.16. The van der Waals surface area contributed by atoms with Crippen molar-refractivity contribution < 1.29 is 4.79 Å². The van der Waals surface area contributed by atoms with Crippen LogP contribution < -0.4 is 5.73 Å². The molecule has 0 spiro atoms. The molecule has 17 heavy (non-hydrogen) atoms. The molecule has 0 aliphatic heterocycles. The van der Waals surface area contributed by atoms with Crippen LogP contribution in [-0.2, 0) is 4.79 Å². The topological polar surface area (TPSA) is 55.4 Å². The van der Waals surface area contributed by atoms with Gasteiger partial charge >= 0.3 is 0 Å². The minimum atomic E-state index is -0.117. The van der Waals surface area contributed by atoms with Crippen LogP contribution in [0.4, 0.5) is 5.69 Å². The lowest BCUT2D eigenvalue weighted by Gasteiger charge is -2.08. The summed E-state index contributed by atoms with van der Waals surface area (Å²) in [6, 6.07) is 7.87. The number of Topliss-reactive ketones (excluding diaryl/α,β-unsaturated/α-hetero) is 1. The molecule has 0 saturated carbocycles. The monoisotopic (exact) mass is 226 g/mol. The van der Waals surface area contributed by atoms with E-state index in [1.165, 1.54) is 0 Å². The van der Waals surface area contributed by atoms with E-state index in [9.17, 15) is 4.79 Å². The number of carbonyl (C=O) groups excluding carboxylic acids is 1. The lowest BCUT2D eigenvalue weighted by Crippen LogP contribution is -2.18. The van der Waals surface area contributed by atoms with Crippen molar-refractivity contribution in [2.24, 2.45) is 10.7 Å². The van der Waals surface area contributed by atoms with E-state index in [1.54, 1.807) is 19.1 Å². The van der Waals surface area contributed by atoms with Gasteiger partial charge in [0.05, 0.1) is 17.1 Å². The second-order valence-corrected chi connectivity index (χ2v) is 4.13. The van der Waals surface area contributed by atoms with Gasteiger partial charge in [-0.15, -0.1) is 0 Å². The zero-order valence-electron chi connectivity index (χ0n) is 9.90. The van der Waals surface area contributed by atoms with Crippen molar-refractivity contribution in [2.75, 3.05) is 0 Å². The highest BCUT2D eigenvalue weighted by molar-refractivity contribution is 6.21. The third-order valence-electron chi connectivity index (χ3n) is 2.55. The minimum absolute atomic E-state index is 0.117. The number of hydrogen-bond donors (Lipinski definition) is 1. The zero-order chi connectivity index (χ0) is 12.4. The minimum Gasteiger partial charge on any atom is -0.395 e. The van der Waals surface area contributed by atoms with Gasteiger partial charge in [0.1, 0.15) is 0 Å². The largest absolute Gasteiger partial charge is 0.395 e. The maximum atomic E-state index is 11.5. The van der Waals surface area contributed by atoms with Crippen LogP contribution in [0.25, 0.3) is 0 Å². The third kappa shape index (κ3) is 2.50. The molecule has 0 radical (unpaired) electrons. The first-order valence-corrected chi connectivity index (χ1v) is 5.42. The molecule has 2 N–H and O–H groups in total. The van der Waals surface area contributed by atoms with E-state index in [1.807, 2.05) is 31.2 Å². The van der Waals surface area contributed by atoms with E-state index in [2.05, 4.69) is 4.99 Å². The van der Waals surface area contributed by atoms with Crippen molar-refractivity contribution in [2.45, 2.75) is 13.8 Å². The number of aliphatic imine (C=N–C) groups is 1. The van der Waals surface area contributed by atoms with E-state index in [0.29, 0.717) is 11.3 Å². The van der Waals surface area contributed by atoms with Crippen LogP contribution in [0.5, 0.6) is 0 Å². The molecule has 86 valence electrons. The molecule has 0 unspecified atom stereocenters. The van der Waals surface area contributed by atoms with Gasteiger partial charge in [0.15, 0.2) is 0 Å². The molecule has 1 aliphatic rings. The standard InChI is InChI=1S/C14H14N2O/c1-9-4-3-5-11(6-9)16-12-7-10(2)14(17)13(15)8-12/h3-8H,15H2,1-2H3. The average Bonchev–Trinajstić information content (AvgIpc) is 2.26. The Morgan fingerprint density at radius 3 is 2.59 bits per heavy atom. The number of hydrogen-bond acceptors (Lipinski definition) is 3. The number of benzene rings is 1. The van der Waals surface area contributed by atoms with E-state index in [0.717, 1.165) is 11.3 Å². The number of carbonyl (C=O) groups is 1. The highest BCUT2D eigenvalue weighted by Crippen LogP contribution is 2.17. The number of nitrogens with zero attached hydrogens (tertiary/aromatic N) is 1. The summed E-state index contributed by atoms with van der Waals surface area (Å²) in [7, 11) is 0. The number of aryl methyl sites for hydroxylation is 1. The summed E-state index contributed by atoms with van der Waals surface area (Å²) in [6.45, 7) is 3.76. The van der Waals surface area contributed by atoms with Crippen molar-refractivity contribution in [3.8, 4) is 0 Å². The Bertz CT molecular complexity index is 541. The van der Waals surface area contributed by atoms with E-state index in [4.69, 9.17) is 5.73 Å². The molecule has 3 heteroatoms. The highest BCUT2D eigenvalue weighted by atomic mass is 16.1. The molecule has 0 fully saturated rings. The first-order chi connectivity index (χ1) is 8.06. The Morgan fingerprint density at radius 1 is 1.18 bits per heavy atom. The van der Waals surface area contributed by atoms with Crippen molar-refractivity contribution >= 4 is 17.2 Å². The van der Waals surface area contributed by atoms with Gasteiger partial charge in [-0.3, -0.25) is 4.79 Å².